The second-order valence-corrected chi connectivity index (χ2v) is 2.71. The SMILES string of the molecule is C=CCO[C@H]1OCC[C@H](O)[C@@H]1O. The molecule has 0 aromatic heterocycles. The van der Waals surface area contributed by atoms with Crippen LogP contribution in [0.5, 0.6) is 0 Å². The third kappa shape index (κ3) is 2.28. The number of aliphatic hydroxyl groups excluding tert-OH is 2. The van der Waals surface area contributed by atoms with Crippen LogP contribution in [0.15, 0.2) is 12.7 Å². The monoisotopic (exact) mass is 174 g/mol. The molecule has 0 aliphatic carbocycles. The van der Waals surface area contributed by atoms with Crippen molar-refractivity contribution in [1.82, 2.24) is 0 Å². The highest BCUT2D eigenvalue weighted by Crippen LogP contribution is 2.15. The van der Waals surface area contributed by atoms with Gasteiger partial charge in [0.1, 0.15) is 6.10 Å². The molecule has 4 heteroatoms. The van der Waals surface area contributed by atoms with Gasteiger partial charge in [-0.15, -0.1) is 6.58 Å². The molecule has 2 N–H and O–H groups in total. The van der Waals surface area contributed by atoms with E-state index in [0.717, 1.165) is 0 Å². The van der Waals surface area contributed by atoms with Gasteiger partial charge in [-0.2, -0.15) is 0 Å². The summed E-state index contributed by atoms with van der Waals surface area (Å²) in [6.07, 6.45) is -0.384. The van der Waals surface area contributed by atoms with E-state index in [2.05, 4.69) is 6.58 Å². The van der Waals surface area contributed by atoms with Crippen LogP contribution in [0.3, 0.4) is 0 Å². The lowest BCUT2D eigenvalue weighted by molar-refractivity contribution is -0.238. The maximum Gasteiger partial charge on any atom is 0.186 e. The third-order valence-corrected chi connectivity index (χ3v) is 1.75. The molecule has 70 valence electrons. The van der Waals surface area contributed by atoms with E-state index in [9.17, 15) is 10.2 Å². The maximum absolute atomic E-state index is 9.33. The van der Waals surface area contributed by atoms with Crippen molar-refractivity contribution in [3.05, 3.63) is 12.7 Å². The largest absolute Gasteiger partial charge is 0.390 e. The lowest BCUT2D eigenvalue weighted by atomic mass is 10.1. The van der Waals surface area contributed by atoms with Crippen LogP contribution in [0, 0.1) is 0 Å². The number of aliphatic hydroxyl groups is 2. The Morgan fingerprint density at radius 1 is 1.58 bits per heavy atom. The van der Waals surface area contributed by atoms with Crippen molar-refractivity contribution < 1.29 is 19.7 Å². The lowest BCUT2D eigenvalue weighted by Crippen LogP contribution is -2.45. The van der Waals surface area contributed by atoms with Gasteiger partial charge in [-0.1, -0.05) is 6.08 Å². The molecular formula is C8H14O4. The van der Waals surface area contributed by atoms with Crippen molar-refractivity contribution in [2.24, 2.45) is 0 Å². The van der Waals surface area contributed by atoms with E-state index in [0.29, 0.717) is 19.6 Å². The molecule has 1 heterocycles. The van der Waals surface area contributed by atoms with Crippen LogP contribution in [0.25, 0.3) is 0 Å². The van der Waals surface area contributed by atoms with E-state index in [4.69, 9.17) is 9.47 Å². The molecule has 0 aromatic carbocycles. The molecule has 0 bridgehead atoms. The zero-order valence-electron chi connectivity index (χ0n) is 6.85. The first kappa shape index (κ1) is 9.67. The van der Waals surface area contributed by atoms with Crippen molar-refractivity contribution >= 4 is 0 Å². The Morgan fingerprint density at radius 2 is 2.33 bits per heavy atom. The predicted octanol–water partition coefficient (Wildman–Crippen LogP) is -0.343. The normalized spacial score (nSPS) is 36.3. The molecule has 0 spiro atoms. The first-order valence-electron chi connectivity index (χ1n) is 3.96. The molecule has 0 unspecified atom stereocenters. The molecule has 1 aliphatic heterocycles. The Labute approximate surface area is 71.4 Å². The van der Waals surface area contributed by atoms with E-state index in [1.54, 1.807) is 6.08 Å². The van der Waals surface area contributed by atoms with Gasteiger partial charge in [-0.3, -0.25) is 0 Å². The van der Waals surface area contributed by atoms with E-state index in [-0.39, 0.29) is 0 Å². The fourth-order valence-electron chi connectivity index (χ4n) is 1.07. The second-order valence-electron chi connectivity index (χ2n) is 2.71. The third-order valence-electron chi connectivity index (χ3n) is 1.75. The fourth-order valence-corrected chi connectivity index (χ4v) is 1.07. The minimum absolute atomic E-state index is 0.314. The number of rotatable bonds is 3. The predicted molar refractivity (Wildman–Crippen MR) is 42.5 cm³/mol. The minimum atomic E-state index is -0.946. The Kier molecular flexibility index (Phi) is 3.68. The van der Waals surface area contributed by atoms with Crippen molar-refractivity contribution in [2.75, 3.05) is 13.2 Å². The quantitative estimate of drug-likeness (QED) is 0.574. The van der Waals surface area contributed by atoms with Crippen molar-refractivity contribution in [3.8, 4) is 0 Å². The Balaban J connectivity index is 2.35. The molecule has 3 atom stereocenters. The smallest absolute Gasteiger partial charge is 0.186 e. The van der Waals surface area contributed by atoms with Crippen molar-refractivity contribution in [2.45, 2.75) is 24.9 Å². The van der Waals surface area contributed by atoms with E-state index >= 15 is 0 Å². The lowest BCUT2D eigenvalue weighted by Gasteiger charge is -2.31. The van der Waals surface area contributed by atoms with E-state index in [1.807, 2.05) is 0 Å². The molecule has 0 radical (unpaired) electrons. The molecule has 1 saturated heterocycles. The van der Waals surface area contributed by atoms with Crippen molar-refractivity contribution in [3.63, 3.8) is 0 Å². The van der Waals surface area contributed by atoms with Gasteiger partial charge in [0.15, 0.2) is 6.29 Å². The Morgan fingerprint density at radius 3 is 3.00 bits per heavy atom. The summed E-state index contributed by atoms with van der Waals surface area (Å²) in [5, 5.41) is 18.5. The number of hydrogen-bond acceptors (Lipinski definition) is 4. The highest BCUT2D eigenvalue weighted by Gasteiger charge is 2.31. The molecule has 0 amide bonds. The van der Waals surface area contributed by atoms with Gasteiger partial charge in [-0.05, 0) is 6.42 Å². The van der Waals surface area contributed by atoms with Crippen LogP contribution in [-0.4, -0.2) is 41.9 Å². The van der Waals surface area contributed by atoms with Crippen LogP contribution >= 0.6 is 0 Å². The number of hydrogen-bond donors (Lipinski definition) is 2. The van der Waals surface area contributed by atoms with Crippen LogP contribution in [-0.2, 0) is 9.47 Å². The van der Waals surface area contributed by atoms with E-state index < -0.39 is 18.5 Å². The topological polar surface area (TPSA) is 58.9 Å². The first-order valence-corrected chi connectivity index (χ1v) is 3.96. The first-order chi connectivity index (χ1) is 5.75. The highest BCUT2D eigenvalue weighted by molar-refractivity contribution is 4.76. The summed E-state index contributed by atoms with van der Waals surface area (Å²) < 4.78 is 10.1. The summed E-state index contributed by atoms with van der Waals surface area (Å²) in [7, 11) is 0. The summed E-state index contributed by atoms with van der Waals surface area (Å²) in [6.45, 7) is 4.20. The molecule has 1 aliphatic rings. The van der Waals surface area contributed by atoms with Gasteiger partial charge >= 0.3 is 0 Å². The second kappa shape index (κ2) is 4.57. The molecule has 4 nitrogen and oxygen atoms in total. The summed E-state index contributed by atoms with van der Waals surface area (Å²) in [6, 6.07) is 0. The highest BCUT2D eigenvalue weighted by atomic mass is 16.7. The zero-order chi connectivity index (χ0) is 8.97. The fraction of sp³-hybridized carbons (Fsp3) is 0.750. The van der Waals surface area contributed by atoms with E-state index in [1.165, 1.54) is 0 Å². The molecule has 1 rings (SSSR count). The molecule has 0 saturated carbocycles. The van der Waals surface area contributed by atoms with Gasteiger partial charge in [0, 0.05) is 0 Å². The Bertz CT molecular complexity index is 148. The zero-order valence-corrected chi connectivity index (χ0v) is 6.85. The standard InChI is InChI=1S/C8H14O4/c1-2-4-11-8-7(10)6(9)3-5-12-8/h2,6-10H,1,3-5H2/t6-,7-,8-/m0/s1. The minimum Gasteiger partial charge on any atom is -0.390 e. The van der Waals surface area contributed by atoms with Gasteiger partial charge in [0.2, 0.25) is 0 Å². The maximum atomic E-state index is 9.33. The molecular weight excluding hydrogens is 160 g/mol. The Hall–Kier alpha value is -0.420. The van der Waals surface area contributed by atoms with Crippen molar-refractivity contribution in [1.29, 1.82) is 0 Å². The van der Waals surface area contributed by atoms with Gasteiger partial charge in [-0.25, -0.2) is 0 Å². The average Bonchev–Trinajstić information content (AvgIpc) is 2.08. The molecule has 12 heavy (non-hydrogen) atoms. The van der Waals surface area contributed by atoms with Crippen LogP contribution in [0.1, 0.15) is 6.42 Å². The van der Waals surface area contributed by atoms with Gasteiger partial charge in [0.05, 0.1) is 19.3 Å². The average molecular weight is 174 g/mol. The summed E-state index contributed by atoms with van der Waals surface area (Å²) in [5.41, 5.74) is 0. The van der Waals surface area contributed by atoms with Crippen LogP contribution in [0.4, 0.5) is 0 Å². The summed E-state index contributed by atoms with van der Waals surface area (Å²) in [4.78, 5) is 0. The summed E-state index contributed by atoms with van der Waals surface area (Å²) in [5.74, 6) is 0. The molecule has 0 aromatic rings. The van der Waals surface area contributed by atoms with Gasteiger partial charge < -0.3 is 19.7 Å². The van der Waals surface area contributed by atoms with Crippen LogP contribution < -0.4 is 0 Å². The summed E-state index contributed by atoms with van der Waals surface area (Å²) >= 11 is 0. The van der Waals surface area contributed by atoms with Gasteiger partial charge in [0.25, 0.3) is 0 Å². The van der Waals surface area contributed by atoms with Crippen LogP contribution in [0.2, 0.25) is 0 Å². The molecule has 1 fully saturated rings. The number of ether oxygens (including phenoxy) is 2.